The summed E-state index contributed by atoms with van der Waals surface area (Å²) in [4.78, 5) is 17.5. The van der Waals surface area contributed by atoms with Gasteiger partial charge < -0.3 is 10.0 Å². The maximum atomic E-state index is 12.5. The lowest BCUT2D eigenvalue weighted by atomic mass is 10.1. The van der Waals surface area contributed by atoms with Gasteiger partial charge in [-0.1, -0.05) is 6.07 Å². The van der Waals surface area contributed by atoms with Crippen LogP contribution in [-0.2, 0) is 10.0 Å². The molecule has 1 unspecified atom stereocenters. The van der Waals surface area contributed by atoms with Gasteiger partial charge >= 0.3 is 5.97 Å². The summed E-state index contributed by atoms with van der Waals surface area (Å²) in [6.07, 6.45) is 2.96. The number of anilines is 1. The maximum absolute atomic E-state index is 12.5. The van der Waals surface area contributed by atoms with Crippen LogP contribution in [0.3, 0.4) is 0 Å². The Morgan fingerprint density at radius 3 is 2.92 bits per heavy atom. The predicted molar refractivity (Wildman–Crippen MR) is 87.3 cm³/mol. The Morgan fingerprint density at radius 2 is 2.12 bits per heavy atom. The van der Waals surface area contributed by atoms with E-state index in [0.29, 0.717) is 16.9 Å². The first kappa shape index (κ1) is 15.1. The fourth-order valence-corrected chi connectivity index (χ4v) is 4.74. The van der Waals surface area contributed by atoms with Gasteiger partial charge in [-0.05, 0) is 37.1 Å². The molecule has 4 rings (SSSR count). The number of fused-ring (bicyclic) bond motifs is 3. The Labute approximate surface area is 139 Å². The van der Waals surface area contributed by atoms with Crippen molar-refractivity contribution in [2.24, 2.45) is 0 Å². The molecule has 2 aliphatic rings. The lowest BCUT2D eigenvalue weighted by molar-refractivity contribution is 0.0697. The lowest BCUT2D eigenvalue weighted by Crippen LogP contribution is -2.48. The van der Waals surface area contributed by atoms with Gasteiger partial charge in [0.2, 0.25) is 10.0 Å². The molecule has 0 bridgehead atoms. The number of aromatic nitrogens is 1. The summed E-state index contributed by atoms with van der Waals surface area (Å²) < 4.78 is 27.7. The molecule has 0 aliphatic carbocycles. The molecule has 0 spiro atoms. The highest BCUT2D eigenvalue weighted by Gasteiger charge is 2.37. The normalized spacial score (nSPS) is 21.2. The number of carboxylic acid groups (broad SMARTS) is 1. The van der Waals surface area contributed by atoms with Crippen molar-refractivity contribution in [3.63, 3.8) is 0 Å². The van der Waals surface area contributed by atoms with E-state index >= 15 is 0 Å². The number of hydrogen-bond donors (Lipinski definition) is 2. The van der Waals surface area contributed by atoms with Gasteiger partial charge in [-0.15, -0.1) is 0 Å². The smallest absolute Gasteiger partial charge is 0.335 e. The van der Waals surface area contributed by atoms with Crippen molar-refractivity contribution in [1.29, 1.82) is 0 Å². The van der Waals surface area contributed by atoms with Gasteiger partial charge in [0.05, 0.1) is 23.1 Å². The van der Waals surface area contributed by atoms with Crippen LogP contribution in [0.4, 0.5) is 5.69 Å². The van der Waals surface area contributed by atoms with E-state index < -0.39 is 16.0 Å². The molecule has 8 heteroatoms. The molecule has 2 aliphatic heterocycles. The maximum Gasteiger partial charge on any atom is 0.335 e. The van der Waals surface area contributed by atoms with Gasteiger partial charge in [0.1, 0.15) is 4.90 Å². The minimum absolute atomic E-state index is 0.110. The number of carbonyl (C=O) groups is 1. The Balaban J connectivity index is 1.84. The minimum Gasteiger partial charge on any atom is -0.478 e. The van der Waals surface area contributed by atoms with Crippen LogP contribution in [0.25, 0.3) is 11.3 Å². The molecule has 1 saturated heterocycles. The number of pyridine rings is 1. The van der Waals surface area contributed by atoms with Crippen molar-refractivity contribution >= 4 is 21.7 Å². The van der Waals surface area contributed by atoms with Crippen LogP contribution < -0.4 is 9.62 Å². The third-order valence-electron chi connectivity index (χ3n) is 4.41. The zero-order valence-electron chi connectivity index (χ0n) is 12.6. The number of nitrogens with one attached hydrogen (secondary N) is 1. The van der Waals surface area contributed by atoms with Crippen LogP contribution >= 0.6 is 0 Å². The van der Waals surface area contributed by atoms with Crippen LogP contribution in [0, 0.1) is 0 Å². The fourth-order valence-electron chi connectivity index (χ4n) is 3.27. The summed E-state index contributed by atoms with van der Waals surface area (Å²) in [7, 11) is -3.59. The quantitative estimate of drug-likeness (QED) is 0.859. The molecule has 1 aromatic heterocycles. The van der Waals surface area contributed by atoms with Crippen molar-refractivity contribution in [3.05, 3.63) is 42.1 Å². The SMILES string of the molecule is O=C(O)c1ccnc(-c2ccc3c(c2)S(=O)(=O)NC2CCCN32)c1. The van der Waals surface area contributed by atoms with E-state index in [4.69, 9.17) is 5.11 Å². The van der Waals surface area contributed by atoms with E-state index in [1.807, 2.05) is 0 Å². The molecule has 1 aromatic carbocycles. The van der Waals surface area contributed by atoms with Crippen molar-refractivity contribution in [3.8, 4) is 11.3 Å². The molecule has 124 valence electrons. The molecule has 0 saturated carbocycles. The average Bonchev–Trinajstić information content (AvgIpc) is 3.02. The molecular weight excluding hydrogens is 330 g/mol. The van der Waals surface area contributed by atoms with Crippen LogP contribution in [0.2, 0.25) is 0 Å². The first-order chi connectivity index (χ1) is 11.5. The lowest BCUT2D eigenvalue weighted by Gasteiger charge is -2.34. The van der Waals surface area contributed by atoms with Gasteiger partial charge in [-0.2, -0.15) is 4.72 Å². The van der Waals surface area contributed by atoms with E-state index in [0.717, 1.165) is 19.4 Å². The number of benzene rings is 1. The summed E-state index contributed by atoms with van der Waals surface area (Å²) in [5.74, 6) is -1.05. The number of aromatic carboxylic acids is 1. The summed E-state index contributed by atoms with van der Waals surface area (Å²) in [5, 5.41) is 9.09. The highest BCUT2D eigenvalue weighted by Crippen LogP contribution is 2.37. The zero-order valence-corrected chi connectivity index (χ0v) is 13.5. The van der Waals surface area contributed by atoms with Crippen molar-refractivity contribution in [2.45, 2.75) is 23.9 Å². The number of hydrogen-bond acceptors (Lipinski definition) is 5. The highest BCUT2D eigenvalue weighted by atomic mass is 32.2. The molecule has 24 heavy (non-hydrogen) atoms. The number of rotatable bonds is 2. The second kappa shape index (κ2) is 5.29. The van der Waals surface area contributed by atoms with Crippen LogP contribution in [0.5, 0.6) is 0 Å². The second-order valence-corrected chi connectivity index (χ2v) is 7.57. The molecule has 0 radical (unpaired) electrons. The minimum atomic E-state index is -3.59. The summed E-state index contributed by atoms with van der Waals surface area (Å²) in [5.41, 5.74) is 1.80. The van der Waals surface area contributed by atoms with Gasteiger partial charge in [0.25, 0.3) is 0 Å². The summed E-state index contributed by atoms with van der Waals surface area (Å²) in [6.45, 7) is 0.812. The molecule has 2 N–H and O–H groups in total. The molecule has 7 nitrogen and oxygen atoms in total. The standard InChI is InChI=1S/C16H15N3O4S/c20-16(21)11-5-6-17-12(8-11)10-3-4-13-14(9-10)24(22,23)18-15-2-1-7-19(13)15/h3-6,8-9,15,18H,1-2,7H2,(H,20,21). The predicted octanol–water partition coefficient (Wildman–Crippen LogP) is 1.66. The van der Waals surface area contributed by atoms with Gasteiger partial charge in [0.15, 0.2) is 0 Å². The van der Waals surface area contributed by atoms with Gasteiger partial charge in [-0.25, -0.2) is 13.2 Å². The number of sulfonamides is 1. The van der Waals surface area contributed by atoms with Crippen LogP contribution in [0.15, 0.2) is 41.4 Å². The Kier molecular flexibility index (Phi) is 3.33. The second-order valence-electron chi connectivity index (χ2n) is 5.89. The average molecular weight is 345 g/mol. The third-order valence-corrected chi connectivity index (χ3v) is 5.89. The summed E-state index contributed by atoms with van der Waals surface area (Å²) >= 11 is 0. The monoisotopic (exact) mass is 345 g/mol. The van der Waals surface area contributed by atoms with Crippen molar-refractivity contribution < 1.29 is 18.3 Å². The number of carboxylic acids is 1. The van der Waals surface area contributed by atoms with Gasteiger partial charge in [0, 0.05) is 18.3 Å². The van der Waals surface area contributed by atoms with Gasteiger partial charge in [-0.3, -0.25) is 4.98 Å². The van der Waals surface area contributed by atoms with Crippen molar-refractivity contribution in [1.82, 2.24) is 9.71 Å². The first-order valence-corrected chi connectivity index (χ1v) is 9.07. The van der Waals surface area contributed by atoms with E-state index in [2.05, 4.69) is 14.6 Å². The largest absolute Gasteiger partial charge is 0.478 e. The molecule has 2 aromatic rings. The van der Waals surface area contributed by atoms with Crippen molar-refractivity contribution in [2.75, 3.05) is 11.4 Å². The Hall–Kier alpha value is -2.45. The molecular formula is C16H15N3O4S. The molecule has 1 fully saturated rings. The first-order valence-electron chi connectivity index (χ1n) is 7.58. The van der Waals surface area contributed by atoms with E-state index in [-0.39, 0.29) is 16.6 Å². The third kappa shape index (κ3) is 2.35. The van der Waals surface area contributed by atoms with E-state index in [1.165, 1.54) is 18.3 Å². The van der Waals surface area contributed by atoms with E-state index in [1.54, 1.807) is 18.2 Å². The molecule has 1 atom stereocenters. The summed E-state index contributed by atoms with van der Waals surface area (Å²) in [6, 6.07) is 7.95. The topological polar surface area (TPSA) is 99.6 Å². The number of nitrogens with zero attached hydrogens (tertiary/aromatic N) is 2. The highest BCUT2D eigenvalue weighted by molar-refractivity contribution is 7.89. The Bertz CT molecular complexity index is 942. The fraction of sp³-hybridized carbons (Fsp3) is 0.250. The molecule has 0 amide bonds. The van der Waals surface area contributed by atoms with E-state index in [9.17, 15) is 13.2 Å². The zero-order chi connectivity index (χ0) is 16.9. The Morgan fingerprint density at radius 1 is 1.29 bits per heavy atom. The van der Waals surface area contributed by atoms with Crippen LogP contribution in [-0.4, -0.2) is 37.2 Å². The molecule has 3 heterocycles. The van der Waals surface area contributed by atoms with Crippen LogP contribution in [0.1, 0.15) is 23.2 Å².